The zero-order valence-electron chi connectivity index (χ0n) is 24.3. The molecule has 0 radical (unpaired) electrons. The number of hydrogen-bond donors (Lipinski definition) is 2. The van der Waals surface area contributed by atoms with Crippen LogP contribution < -0.4 is 9.47 Å². The van der Waals surface area contributed by atoms with E-state index in [4.69, 9.17) is 9.47 Å². The third-order valence-corrected chi connectivity index (χ3v) is 8.45. The van der Waals surface area contributed by atoms with E-state index in [9.17, 15) is 10.2 Å². The average Bonchev–Trinajstić information content (AvgIpc) is 3.33. The number of ether oxygens (including phenoxy) is 2. The standard InChI is InChI=1S/C39H34O4/c1-25(40)23-42-29-17-19-31-27(21-29)9-7-15-35(31)39(37-13-5-3-11-33(37)34-12-4-6-14-38(34)39)36-16-8-10-28-22-30(18-20-32(28)36)43-24-26(2)41/h3-22,25-26,40-41H,23-24H2,1-2H3. The first-order valence-electron chi connectivity index (χ1n) is 14.8. The van der Waals surface area contributed by atoms with Crippen LogP contribution in [0.2, 0.25) is 0 Å². The van der Waals surface area contributed by atoms with Crippen LogP contribution in [0.1, 0.15) is 36.1 Å². The lowest BCUT2D eigenvalue weighted by molar-refractivity contribution is 0.122. The van der Waals surface area contributed by atoms with Crippen LogP contribution in [0.25, 0.3) is 32.7 Å². The fourth-order valence-electron chi connectivity index (χ4n) is 6.75. The second-order valence-corrected chi connectivity index (χ2v) is 11.5. The summed E-state index contributed by atoms with van der Waals surface area (Å²) >= 11 is 0. The third kappa shape index (κ3) is 4.55. The Bertz CT molecular complexity index is 1810. The Labute approximate surface area is 251 Å². The SMILES string of the molecule is CC(O)COc1ccc2c(C3(c4cccc5cc(OCC(C)O)ccc45)c4ccccc4-c4ccccc43)cccc2c1. The third-order valence-electron chi connectivity index (χ3n) is 8.45. The zero-order chi connectivity index (χ0) is 29.6. The van der Waals surface area contributed by atoms with Crippen LogP contribution in [0.5, 0.6) is 11.5 Å². The molecule has 1 aliphatic rings. The average molecular weight is 567 g/mol. The van der Waals surface area contributed by atoms with E-state index in [1.807, 2.05) is 12.1 Å². The normalized spacial score (nSPS) is 14.7. The molecule has 1 aliphatic carbocycles. The summed E-state index contributed by atoms with van der Waals surface area (Å²) in [6, 6.07) is 43.0. The van der Waals surface area contributed by atoms with Crippen LogP contribution in [0.15, 0.2) is 121 Å². The summed E-state index contributed by atoms with van der Waals surface area (Å²) in [6.45, 7) is 3.94. The van der Waals surface area contributed by atoms with Crippen molar-refractivity contribution in [1.29, 1.82) is 0 Å². The van der Waals surface area contributed by atoms with E-state index in [1.54, 1.807) is 13.8 Å². The minimum absolute atomic E-state index is 0.245. The van der Waals surface area contributed by atoms with Crippen molar-refractivity contribution in [2.45, 2.75) is 31.5 Å². The van der Waals surface area contributed by atoms with E-state index in [2.05, 4.69) is 109 Å². The lowest BCUT2D eigenvalue weighted by Crippen LogP contribution is -2.29. The van der Waals surface area contributed by atoms with Gasteiger partial charge in [-0.05, 0) is 93.0 Å². The molecule has 0 heterocycles. The van der Waals surface area contributed by atoms with Crippen molar-refractivity contribution in [3.8, 4) is 22.6 Å². The summed E-state index contributed by atoms with van der Waals surface area (Å²) in [7, 11) is 0. The molecule has 0 spiro atoms. The molecule has 0 fully saturated rings. The number of aliphatic hydroxyl groups is 2. The molecule has 0 saturated carbocycles. The van der Waals surface area contributed by atoms with Crippen molar-refractivity contribution >= 4 is 21.5 Å². The number of aliphatic hydroxyl groups excluding tert-OH is 2. The van der Waals surface area contributed by atoms with E-state index in [0.29, 0.717) is 0 Å². The maximum Gasteiger partial charge on any atom is 0.120 e. The molecule has 7 rings (SSSR count). The molecule has 214 valence electrons. The number of fused-ring (bicyclic) bond motifs is 5. The first-order valence-corrected chi connectivity index (χ1v) is 14.8. The van der Waals surface area contributed by atoms with Crippen LogP contribution in [-0.2, 0) is 5.41 Å². The summed E-state index contributed by atoms with van der Waals surface area (Å²) in [5.74, 6) is 1.48. The second kappa shape index (κ2) is 10.9. The highest BCUT2D eigenvalue weighted by Crippen LogP contribution is 2.58. The summed E-state index contributed by atoms with van der Waals surface area (Å²) in [4.78, 5) is 0. The van der Waals surface area contributed by atoms with Gasteiger partial charge in [0, 0.05) is 0 Å². The van der Waals surface area contributed by atoms with Crippen molar-refractivity contribution in [2.24, 2.45) is 0 Å². The lowest BCUT2D eigenvalue weighted by atomic mass is 9.65. The highest BCUT2D eigenvalue weighted by molar-refractivity contribution is 5.99. The van der Waals surface area contributed by atoms with Gasteiger partial charge in [-0.3, -0.25) is 0 Å². The highest BCUT2D eigenvalue weighted by atomic mass is 16.5. The van der Waals surface area contributed by atoms with Crippen molar-refractivity contribution in [2.75, 3.05) is 13.2 Å². The van der Waals surface area contributed by atoms with Gasteiger partial charge in [0.05, 0.1) is 17.6 Å². The summed E-state index contributed by atoms with van der Waals surface area (Å²) < 4.78 is 11.8. The molecule has 2 unspecified atom stereocenters. The van der Waals surface area contributed by atoms with Crippen molar-refractivity contribution in [1.82, 2.24) is 0 Å². The lowest BCUT2D eigenvalue weighted by Gasteiger charge is -2.36. The van der Waals surface area contributed by atoms with Gasteiger partial charge in [-0.1, -0.05) is 97.1 Å². The first-order chi connectivity index (χ1) is 21.0. The molecule has 0 aromatic heterocycles. The van der Waals surface area contributed by atoms with Crippen LogP contribution >= 0.6 is 0 Å². The van der Waals surface area contributed by atoms with E-state index in [1.165, 1.54) is 33.4 Å². The van der Waals surface area contributed by atoms with Gasteiger partial charge in [0.15, 0.2) is 0 Å². The predicted molar refractivity (Wildman–Crippen MR) is 173 cm³/mol. The van der Waals surface area contributed by atoms with E-state index in [-0.39, 0.29) is 13.2 Å². The van der Waals surface area contributed by atoms with Gasteiger partial charge < -0.3 is 19.7 Å². The molecule has 0 bridgehead atoms. The van der Waals surface area contributed by atoms with Gasteiger partial charge in [-0.15, -0.1) is 0 Å². The maximum absolute atomic E-state index is 9.77. The summed E-state index contributed by atoms with van der Waals surface area (Å²) in [6.07, 6.45) is -1.08. The Morgan fingerprint density at radius 1 is 0.512 bits per heavy atom. The monoisotopic (exact) mass is 566 g/mol. The Hall–Kier alpha value is -4.64. The number of rotatable bonds is 8. The predicted octanol–water partition coefficient (Wildman–Crippen LogP) is 7.88. The smallest absolute Gasteiger partial charge is 0.120 e. The molecule has 2 N–H and O–H groups in total. The summed E-state index contributed by atoms with van der Waals surface area (Å²) in [5, 5.41) is 24.0. The van der Waals surface area contributed by atoms with Gasteiger partial charge in [0.25, 0.3) is 0 Å². The quantitative estimate of drug-likeness (QED) is 0.197. The fourth-order valence-corrected chi connectivity index (χ4v) is 6.75. The molecule has 43 heavy (non-hydrogen) atoms. The van der Waals surface area contributed by atoms with E-state index >= 15 is 0 Å². The maximum atomic E-state index is 9.77. The molecule has 0 saturated heterocycles. The molecule has 0 amide bonds. The Morgan fingerprint density at radius 3 is 1.37 bits per heavy atom. The van der Waals surface area contributed by atoms with Gasteiger partial charge in [-0.25, -0.2) is 0 Å². The van der Waals surface area contributed by atoms with E-state index in [0.717, 1.165) is 33.0 Å². The van der Waals surface area contributed by atoms with Gasteiger partial charge in [0.2, 0.25) is 0 Å². The highest BCUT2D eigenvalue weighted by Gasteiger charge is 2.47. The second-order valence-electron chi connectivity index (χ2n) is 11.5. The molecule has 6 aromatic carbocycles. The Balaban J connectivity index is 1.53. The summed E-state index contributed by atoms with van der Waals surface area (Å²) in [5.41, 5.74) is 6.79. The molecule has 4 nitrogen and oxygen atoms in total. The van der Waals surface area contributed by atoms with E-state index < -0.39 is 17.6 Å². The minimum Gasteiger partial charge on any atom is -0.491 e. The van der Waals surface area contributed by atoms with Crippen LogP contribution in [0, 0.1) is 0 Å². The van der Waals surface area contributed by atoms with Crippen molar-refractivity contribution in [3.05, 3.63) is 144 Å². The van der Waals surface area contributed by atoms with Gasteiger partial charge >= 0.3 is 0 Å². The fraction of sp³-hybridized carbons (Fsp3) is 0.179. The minimum atomic E-state index is -0.587. The van der Waals surface area contributed by atoms with Crippen LogP contribution in [0.4, 0.5) is 0 Å². The molecule has 6 aromatic rings. The Kier molecular flexibility index (Phi) is 6.89. The molecule has 4 heteroatoms. The number of benzene rings is 6. The molecule has 2 atom stereocenters. The van der Waals surface area contributed by atoms with Crippen molar-refractivity contribution < 1.29 is 19.7 Å². The molecule has 0 aliphatic heterocycles. The topological polar surface area (TPSA) is 58.9 Å². The Morgan fingerprint density at radius 2 is 0.930 bits per heavy atom. The number of hydrogen-bond acceptors (Lipinski definition) is 4. The van der Waals surface area contributed by atoms with Gasteiger partial charge in [-0.2, -0.15) is 0 Å². The van der Waals surface area contributed by atoms with Crippen molar-refractivity contribution in [3.63, 3.8) is 0 Å². The van der Waals surface area contributed by atoms with Crippen LogP contribution in [-0.4, -0.2) is 35.6 Å². The van der Waals surface area contributed by atoms with Crippen LogP contribution in [0.3, 0.4) is 0 Å². The largest absolute Gasteiger partial charge is 0.491 e. The first kappa shape index (κ1) is 27.2. The van der Waals surface area contributed by atoms with Gasteiger partial charge in [0.1, 0.15) is 24.7 Å². The zero-order valence-corrected chi connectivity index (χ0v) is 24.3. The molecular weight excluding hydrogens is 532 g/mol. The molecular formula is C39H34O4.